The maximum absolute atomic E-state index is 12.2. The van der Waals surface area contributed by atoms with Crippen molar-refractivity contribution in [2.45, 2.75) is 19.9 Å². The molecule has 0 atom stereocenters. The van der Waals surface area contributed by atoms with Crippen LogP contribution in [0.15, 0.2) is 48.5 Å². The van der Waals surface area contributed by atoms with E-state index >= 15 is 0 Å². The van der Waals surface area contributed by atoms with E-state index in [-0.39, 0.29) is 5.91 Å². The maximum atomic E-state index is 12.2. The lowest BCUT2D eigenvalue weighted by Gasteiger charge is -2.28. The van der Waals surface area contributed by atoms with Crippen molar-refractivity contribution < 1.29 is 4.79 Å². The van der Waals surface area contributed by atoms with Crippen LogP contribution in [0.3, 0.4) is 0 Å². The second kappa shape index (κ2) is 6.10. The van der Waals surface area contributed by atoms with Crippen LogP contribution in [-0.2, 0) is 17.8 Å². The molecule has 108 valence electrons. The molecule has 0 saturated heterocycles. The highest BCUT2D eigenvalue weighted by atomic mass is 16.2. The van der Waals surface area contributed by atoms with Crippen molar-refractivity contribution in [3.05, 3.63) is 65.2 Å². The summed E-state index contributed by atoms with van der Waals surface area (Å²) in [6, 6.07) is 16.4. The lowest BCUT2D eigenvalue weighted by Crippen LogP contribution is -2.37. The number of benzene rings is 2. The van der Waals surface area contributed by atoms with E-state index < -0.39 is 0 Å². The first-order chi connectivity index (χ1) is 10.2. The molecule has 1 heterocycles. The van der Waals surface area contributed by atoms with Gasteiger partial charge in [-0.2, -0.15) is 0 Å². The van der Waals surface area contributed by atoms with Crippen molar-refractivity contribution in [2.24, 2.45) is 0 Å². The molecule has 1 amide bonds. The summed E-state index contributed by atoms with van der Waals surface area (Å²) in [5.41, 5.74) is 4.78. The van der Waals surface area contributed by atoms with Crippen LogP contribution in [0.5, 0.6) is 0 Å². The van der Waals surface area contributed by atoms with Crippen LogP contribution in [0.4, 0.5) is 5.69 Å². The van der Waals surface area contributed by atoms with Gasteiger partial charge < -0.3 is 5.32 Å². The Morgan fingerprint density at radius 1 is 1.14 bits per heavy atom. The molecule has 3 nitrogen and oxygen atoms in total. The zero-order chi connectivity index (χ0) is 14.7. The van der Waals surface area contributed by atoms with E-state index in [2.05, 4.69) is 34.5 Å². The Kier molecular flexibility index (Phi) is 4.02. The van der Waals surface area contributed by atoms with E-state index in [1.165, 1.54) is 11.1 Å². The number of rotatable bonds is 3. The van der Waals surface area contributed by atoms with Crippen molar-refractivity contribution >= 4 is 11.6 Å². The molecule has 3 rings (SSSR count). The molecule has 3 heteroatoms. The topological polar surface area (TPSA) is 32.3 Å². The predicted molar refractivity (Wildman–Crippen MR) is 85.2 cm³/mol. The van der Waals surface area contributed by atoms with Gasteiger partial charge in [-0.3, -0.25) is 9.69 Å². The first-order valence-electron chi connectivity index (χ1n) is 7.36. The molecule has 2 aromatic carbocycles. The molecule has 0 aromatic heterocycles. The average molecular weight is 280 g/mol. The average Bonchev–Trinajstić information content (AvgIpc) is 2.47. The van der Waals surface area contributed by atoms with E-state index in [0.29, 0.717) is 6.54 Å². The first-order valence-corrected chi connectivity index (χ1v) is 7.36. The Bertz CT molecular complexity index is 651. The molecule has 0 radical (unpaired) electrons. The van der Waals surface area contributed by atoms with E-state index in [1.807, 2.05) is 31.2 Å². The second-order valence-electron chi connectivity index (χ2n) is 5.65. The summed E-state index contributed by atoms with van der Waals surface area (Å²) in [6.45, 7) is 4.27. The highest BCUT2D eigenvalue weighted by Gasteiger charge is 2.17. The SMILES string of the molecule is Cc1cccc(NC(=O)CN2CCc3ccccc3C2)c1. The third kappa shape index (κ3) is 3.50. The van der Waals surface area contributed by atoms with Gasteiger partial charge in [-0.25, -0.2) is 0 Å². The Morgan fingerprint density at radius 3 is 2.76 bits per heavy atom. The number of hydrogen-bond acceptors (Lipinski definition) is 2. The van der Waals surface area contributed by atoms with Gasteiger partial charge in [0.2, 0.25) is 5.91 Å². The van der Waals surface area contributed by atoms with E-state index in [4.69, 9.17) is 0 Å². The molecule has 1 aliphatic heterocycles. The largest absolute Gasteiger partial charge is 0.325 e. The number of amides is 1. The van der Waals surface area contributed by atoms with Gasteiger partial charge in [0.15, 0.2) is 0 Å². The van der Waals surface area contributed by atoms with Gasteiger partial charge in [0.05, 0.1) is 6.54 Å². The lowest BCUT2D eigenvalue weighted by molar-refractivity contribution is -0.117. The Hall–Kier alpha value is -2.13. The third-order valence-electron chi connectivity index (χ3n) is 3.88. The molecule has 21 heavy (non-hydrogen) atoms. The van der Waals surface area contributed by atoms with Crippen LogP contribution < -0.4 is 5.32 Å². The van der Waals surface area contributed by atoms with Crippen LogP contribution in [0.1, 0.15) is 16.7 Å². The maximum Gasteiger partial charge on any atom is 0.238 e. The molecule has 1 aliphatic rings. The molecule has 0 saturated carbocycles. The molecule has 0 aliphatic carbocycles. The number of hydrogen-bond donors (Lipinski definition) is 1. The van der Waals surface area contributed by atoms with Gasteiger partial charge in [0, 0.05) is 18.8 Å². The van der Waals surface area contributed by atoms with Crippen LogP contribution >= 0.6 is 0 Å². The number of nitrogens with one attached hydrogen (secondary N) is 1. The number of carbonyl (C=O) groups is 1. The molecule has 0 fully saturated rings. The molecule has 0 spiro atoms. The summed E-state index contributed by atoms with van der Waals surface area (Å²) < 4.78 is 0. The number of anilines is 1. The fraction of sp³-hybridized carbons (Fsp3) is 0.278. The van der Waals surface area contributed by atoms with E-state index in [1.54, 1.807) is 0 Å². The highest BCUT2D eigenvalue weighted by molar-refractivity contribution is 5.92. The summed E-state index contributed by atoms with van der Waals surface area (Å²) in [7, 11) is 0. The summed E-state index contributed by atoms with van der Waals surface area (Å²) >= 11 is 0. The highest BCUT2D eigenvalue weighted by Crippen LogP contribution is 2.18. The smallest absolute Gasteiger partial charge is 0.238 e. The van der Waals surface area contributed by atoms with Crippen LogP contribution in [0, 0.1) is 6.92 Å². The normalized spacial score (nSPS) is 14.5. The fourth-order valence-electron chi connectivity index (χ4n) is 2.82. The molecule has 0 unspecified atom stereocenters. The Labute approximate surface area is 125 Å². The molecule has 2 aromatic rings. The van der Waals surface area contributed by atoms with Crippen LogP contribution in [-0.4, -0.2) is 23.9 Å². The van der Waals surface area contributed by atoms with Crippen molar-refractivity contribution in [1.29, 1.82) is 0 Å². The monoisotopic (exact) mass is 280 g/mol. The van der Waals surface area contributed by atoms with Gasteiger partial charge in [0.25, 0.3) is 0 Å². The van der Waals surface area contributed by atoms with Crippen molar-refractivity contribution in [1.82, 2.24) is 4.90 Å². The summed E-state index contributed by atoms with van der Waals surface area (Å²) in [5.74, 6) is 0.0555. The minimum absolute atomic E-state index is 0.0555. The zero-order valence-corrected chi connectivity index (χ0v) is 12.3. The summed E-state index contributed by atoms with van der Waals surface area (Å²) in [4.78, 5) is 14.4. The van der Waals surface area contributed by atoms with Gasteiger partial charge in [0.1, 0.15) is 0 Å². The first kappa shape index (κ1) is 13.8. The predicted octanol–water partition coefficient (Wildman–Crippen LogP) is 2.99. The van der Waals surface area contributed by atoms with Crippen molar-refractivity contribution in [3.8, 4) is 0 Å². The molecular formula is C18H20N2O. The van der Waals surface area contributed by atoms with Crippen LogP contribution in [0.2, 0.25) is 0 Å². The number of nitrogens with zero attached hydrogens (tertiary/aromatic N) is 1. The van der Waals surface area contributed by atoms with Gasteiger partial charge >= 0.3 is 0 Å². The molecule has 0 bridgehead atoms. The number of fused-ring (bicyclic) bond motifs is 1. The summed E-state index contributed by atoms with van der Waals surface area (Å²) in [5, 5.41) is 2.97. The third-order valence-corrected chi connectivity index (χ3v) is 3.88. The van der Waals surface area contributed by atoms with Gasteiger partial charge in [-0.15, -0.1) is 0 Å². The van der Waals surface area contributed by atoms with Gasteiger partial charge in [-0.05, 0) is 42.2 Å². The number of aryl methyl sites for hydroxylation is 1. The second-order valence-corrected chi connectivity index (χ2v) is 5.65. The standard InChI is InChI=1S/C18H20N2O/c1-14-5-4-8-17(11-14)19-18(21)13-20-10-9-15-6-2-3-7-16(15)12-20/h2-8,11H,9-10,12-13H2,1H3,(H,19,21). The van der Waals surface area contributed by atoms with Crippen LogP contribution in [0.25, 0.3) is 0 Å². The van der Waals surface area contributed by atoms with Gasteiger partial charge in [-0.1, -0.05) is 36.4 Å². The minimum atomic E-state index is 0.0555. The summed E-state index contributed by atoms with van der Waals surface area (Å²) in [6.07, 6.45) is 1.02. The quantitative estimate of drug-likeness (QED) is 0.937. The fourth-order valence-corrected chi connectivity index (χ4v) is 2.82. The minimum Gasteiger partial charge on any atom is -0.325 e. The number of carbonyl (C=O) groups excluding carboxylic acids is 1. The molecular weight excluding hydrogens is 260 g/mol. The lowest BCUT2D eigenvalue weighted by atomic mass is 10.00. The van der Waals surface area contributed by atoms with Crippen molar-refractivity contribution in [2.75, 3.05) is 18.4 Å². The zero-order valence-electron chi connectivity index (χ0n) is 12.3. The van der Waals surface area contributed by atoms with Crippen molar-refractivity contribution in [3.63, 3.8) is 0 Å². The van der Waals surface area contributed by atoms with E-state index in [0.717, 1.165) is 30.8 Å². The Morgan fingerprint density at radius 2 is 1.95 bits per heavy atom. The van der Waals surface area contributed by atoms with E-state index in [9.17, 15) is 4.79 Å². The Balaban J connectivity index is 1.59. The molecule has 1 N–H and O–H groups in total.